The fraction of sp³-hybridized carbons (Fsp3) is 0.500. The number of hydrogen-bond donors (Lipinski definition) is 0. The molecular weight excluding hydrogens is 244 g/mol. The van der Waals surface area contributed by atoms with Crippen molar-refractivity contribution in [3.8, 4) is 11.8 Å². The molecule has 1 fully saturated rings. The molecule has 0 aliphatic carbocycles. The van der Waals surface area contributed by atoms with E-state index in [-0.39, 0.29) is 0 Å². The molecule has 0 saturated carbocycles. The lowest BCUT2D eigenvalue weighted by molar-refractivity contribution is 0.178. The zero-order valence-electron chi connectivity index (χ0n) is 12.8. The number of aryl methyl sites for hydroxylation is 1. The molecule has 1 atom stereocenters. The quantitative estimate of drug-likeness (QED) is 0.762. The van der Waals surface area contributed by atoms with Gasteiger partial charge in [-0.05, 0) is 56.9 Å². The van der Waals surface area contributed by atoms with Gasteiger partial charge in [0.25, 0.3) is 0 Å². The predicted molar refractivity (Wildman–Crippen MR) is 84.5 cm³/mol. The van der Waals surface area contributed by atoms with Crippen LogP contribution in [0.4, 0.5) is 0 Å². The van der Waals surface area contributed by atoms with Crippen molar-refractivity contribution in [1.29, 1.82) is 0 Å². The van der Waals surface area contributed by atoms with Gasteiger partial charge in [0, 0.05) is 18.3 Å². The molecule has 20 heavy (non-hydrogen) atoms. The Hall–Kier alpha value is -1.59. The fourth-order valence-electron chi connectivity index (χ4n) is 2.78. The summed E-state index contributed by atoms with van der Waals surface area (Å²) < 4.78 is 0. The second-order valence-corrected chi connectivity index (χ2v) is 5.38. The molecule has 0 radical (unpaired) electrons. The number of pyridine rings is 1. The summed E-state index contributed by atoms with van der Waals surface area (Å²) in [6.45, 7) is 8.85. The van der Waals surface area contributed by atoms with Crippen LogP contribution in [0.25, 0.3) is 0 Å². The predicted octanol–water partition coefficient (Wildman–Crippen LogP) is 3.56. The lowest BCUT2D eigenvalue weighted by Gasteiger charge is -2.35. The van der Waals surface area contributed by atoms with Crippen LogP contribution in [0.5, 0.6) is 0 Å². The van der Waals surface area contributed by atoms with Crippen LogP contribution in [0.15, 0.2) is 29.8 Å². The van der Waals surface area contributed by atoms with Crippen LogP contribution in [-0.2, 0) is 0 Å². The van der Waals surface area contributed by atoms with Crippen molar-refractivity contribution in [2.75, 3.05) is 13.1 Å². The van der Waals surface area contributed by atoms with Gasteiger partial charge >= 0.3 is 0 Å². The van der Waals surface area contributed by atoms with E-state index in [0.29, 0.717) is 6.04 Å². The summed E-state index contributed by atoms with van der Waals surface area (Å²) in [5.74, 6) is 6.32. The first-order chi connectivity index (χ1) is 9.72. The van der Waals surface area contributed by atoms with E-state index in [0.717, 1.165) is 24.4 Å². The van der Waals surface area contributed by atoms with Gasteiger partial charge in [0.1, 0.15) is 5.69 Å². The second kappa shape index (κ2) is 7.26. The van der Waals surface area contributed by atoms with Gasteiger partial charge in [-0.1, -0.05) is 31.4 Å². The van der Waals surface area contributed by atoms with E-state index >= 15 is 0 Å². The van der Waals surface area contributed by atoms with Crippen molar-refractivity contribution < 1.29 is 0 Å². The Bertz CT molecular complexity index is 534. The maximum atomic E-state index is 4.40. The molecule has 2 heterocycles. The normalized spacial score (nSPS) is 21.6. The monoisotopic (exact) mass is 268 g/mol. The highest BCUT2D eigenvalue weighted by molar-refractivity contribution is 5.34. The second-order valence-electron chi connectivity index (χ2n) is 5.38. The van der Waals surface area contributed by atoms with Crippen LogP contribution in [0.3, 0.4) is 0 Å². The average Bonchev–Trinajstić information content (AvgIpc) is 2.47. The van der Waals surface area contributed by atoms with E-state index < -0.39 is 0 Å². The highest BCUT2D eigenvalue weighted by atomic mass is 15.2. The third kappa shape index (κ3) is 3.95. The Morgan fingerprint density at radius 2 is 2.25 bits per heavy atom. The van der Waals surface area contributed by atoms with Gasteiger partial charge in [0.15, 0.2) is 0 Å². The highest BCUT2D eigenvalue weighted by Crippen LogP contribution is 2.23. The lowest BCUT2D eigenvalue weighted by Crippen LogP contribution is -2.39. The van der Waals surface area contributed by atoms with Crippen molar-refractivity contribution in [1.82, 2.24) is 9.88 Å². The van der Waals surface area contributed by atoms with Crippen LogP contribution in [0.1, 0.15) is 44.5 Å². The van der Waals surface area contributed by atoms with Crippen molar-refractivity contribution in [2.24, 2.45) is 0 Å². The summed E-state index contributed by atoms with van der Waals surface area (Å²) in [5, 5.41) is 0. The van der Waals surface area contributed by atoms with Gasteiger partial charge in [-0.15, -0.1) is 0 Å². The zero-order valence-corrected chi connectivity index (χ0v) is 12.8. The van der Waals surface area contributed by atoms with Crippen LogP contribution < -0.4 is 0 Å². The molecule has 0 bridgehead atoms. The Morgan fingerprint density at radius 3 is 2.95 bits per heavy atom. The topological polar surface area (TPSA) is 16.1 Å². The Morgan fingerprint density at radius 1 is 1.40 bits per heavy atom. The van der Waals surface area contributed by atoms with Crippen LogP contribution in [0.2, 0.25) is 0 Å². The van der Waals surface area contributed by atoms with Crippen LogP contribution >= 0.6 is 0 Å². The van der Waals surface area contributed by atoms with E-state index in [4.69, 9.17) is 0 Å². The molecule has 2 nitrogen and oxygen atoms in total. The zero-order chi connectivity index (χ0) is 14.4. The van der Waals surface area contributed by atoms with Gasteiger partial charge in [0.2, 0.25) is 0 Å². The van der Waals surface area contributed by atoms with E-state index in [2.05, 4.69) is 41.6 Å². The standard InChI is InChI=1S/C18H24N2/c1-4-18-14-16(12-13-20(18)5-2)9-7-11-17-10-6-8-15(3)19-17/h6,8-10,18H,4-5,12-14H2,1-3H3. The molecule has 1 aliphatic rings. The first-order valence-electron chi connectivity index (χ1n) is 7.60. The van der Waals surface area contributed by atoms with Gasteiger partial charge in [-0.2, -0.15) is 0 Å². The maximum absolute atomic E-state index is 4.40. The number of likely N-dealkylation sites (tertiary alicyclic amines) is 1. The third-order valence-electron chi connectivity index (χ3n) is 3.98. The van der Waals surface area contributed by atoms with E-state index in [1.54, 1.807) is 0 Å². The molecule has 2 heteroatoms. The van der Waals surface area contributed by atoms with Crippen molar-refractivity contribution >= 4 is 0 Å². The minimum atomic E-state index is 0.693. The Labute approximate surface area is 122 Å². The summed E-state index contributed by atoms with van der Waals surface area (Å²) in [4.78, 5) is 6.98. The third-order valence-corrected chi connectivity index (χ3v) is 3.98. The smallest absolute Gasteiger partial charge is 0.113 e. The summed E-state index contributed by atoms with van der Waals surface area (Å²) in [7, 11) is 0. The summed E-state index contributed by atoms with van der Waals surface area (Å²) in [6, 6.07) is 6.66. The minimum absolute atomic E-state index is 0.693. The SMILES string of the molecule is CCC1CC(=CC#Cc2cccc(C)n2)CCN1CC. The molecule has 1 unspecified atom stereocenters. The largest absolute Gasteiger partial charge is 0.300 e. The molecule has 0 amide bonds. The molecule has 1 aromatic rings. The van der Waals surface area contributed by atoms with Gasteiger partial charge in [0.05, 0.1) is 0 Å². The molecule has 1 aromatic heterocycles. The molecule has 0 aromatic carbocycles. The molecule has 0 N–H and O–H groups in total. The summed E-state index contributed by atoms with van der Waals surface area (Å²) >= 11 is 0. The number of rotatable bonds is 2. The van der Waals surface area contributed by atoms with Crippen LogP contribution in [0, 0.1) is 18.8 Å². The molecule has 1 saturated heterocycles. The highest BCUT2D eigenvalue weighted by Gasteiger charge is 2.21. The summed E-state index contributed by atoms with van der Waals surface area (Å²) in [6.07, 6.45) is 5.65. The average molecular weight is 268 g/mol. The minimum Gasteiger partial charge on any atom is -0.300 e. The van der Waals surface area contributed by atoms with Crippen molar-refractivity contribution in [3.05, 3.63) is 41.2 Å². The number of nitrogens with zero attached hydrogens (tertiary/aromatic N) is 2. The molecule has 0 spiro atoms. The Kier molecular flexibility index (Phi) is 5.38. The fourth-order valence-corrected chi connectivity index (χ4v) is 2.78. The van der Waals surface area contributed by atoms with Gasteiger partial charge in [-0.25, -0.2) is 4.98 Å². The number of piperidine rings is 1. The molecule has 2 rings (SSSR count). The van der Waals surface area contributed by atoms with Crippen LogP contribution in [-0.4, -0.2) is 29.0 Å². The molecule has 106 valence electrons. The van der Waals surface area contributed by atoms with Crippen molar-refractivity contribution in [2.45, 2.75) is 46.1 Å². The van der Waals surface area contributed by atoms with Gasteiger partial charge in [-0.3, -0.25) is 0 Å². The number of allylic oxidation sites excluding steroid dienone is 1. The molecule has 1 aliphatic heterocycles. The molecular formula is C18H24N2. The van der Waals surface area contributed by atoms with E-state index in [1.165, 1.54) is 25.0 Å². The van der Waals surface area contributed by atoms with Crippen molar-refractivity contribution in [3.63, 3.8) is 0 Å². The first kappa shape index (κ1) is 14.8. The first-order valence-corrected chi connectivity index (χ1v) is 7.60. The van der Waals surface area contributed by atoms with E-state index in [9.17, 15) is 0 Å². The van der Waals surface area contributed by atoms with Gasteiger partial charge < -0.3 is 4.90 Å². The Balaban J connectivity index is 2.02. The van der Waals surface area contributed by atoms with E-state index in [1.807, 2.05) is 25.1 Å². The lowest BCUT2D eigenvalue weighted by atomic mass is 9.94. The summed E-state index contributed by atoms with van der Waals surface area (Å²) in [5.41, 5.74) is 3.37. The number of hydrogen-bond acceptors (Lipinski definition) is 2. The maximum Gasteiger partial charge on any atom is 0.113 e. The number of aromatic nitrogens is 1.